The van der Waals surface area contributed by atoms with Crippen molar-refractivity contribution in [2.45, 2.75) is 6.92 Å². The number of anilines is 5. The fraction of sp³-hybridized carbons (Fsp3) is 0.0204. The van der Waals surface area contributed by atoms with Crippen LogP contribution in [0.15, 0.2) is 163 Å². The number of Topliss-reactive ketones (excluding diaryl/α,β-unsaturated/α-hetero) is 1. The number of para-hydroxylation sites is 2. The summed E-state index contributed by atoms with van der Waals surface area (Å²) in [6, 6.07) is 56.0. The molecule has 9 rings (SSSR count). The minimum absolute atomic E-state index is 0.150. The molecule has 0 unspecified atom stereocenters. The number of hydrogen-bond acceptors (Lipinski definition) is 9. The summed E-state index contributed by atoms with van der Waals surface area (Å²) < 4.78 is 2.44. The van der Waals surface area contributed by atoms with Crippen molar-refractivity contribution in [2.24, 2.45) is 0 Å². The average Bonchev–Trinajstić information content (AvgIpc) is 4.07. The predicted octanol–water partition coefficient (Wildman–Crippen LogP) is 14.6. The lowest BCUT2D eigenvalue weighted by Crippen LogP contribution is -2.12. The van der Waals surface area contributed by atoms with E-state index in [1.165, 1.54) is 32.3 Å². The van der Waals surface area contributed by atoms with E-state index in [2.05, 4.69) is 102 Å². The topological polar surface area (TPSA) is 96.1 Å². The van der Waals surface area contributed by atoms with Crippen molar-refractivity contribution in [3.63, 3.8) is 0 Å². The van der Waals surface area contributed by atoms with Crippen LogP contribution in [-0.2, 0) is 4.79 Å². The van der Waals surface area contributed by atoms with E-state index in [-0.39, 0.29) is 11.4 Å². The maximum atomic E-state index is 12.1. The van der Waals surface area contributed by atoms with Crippen LogP contribution in [0.1, 0.15) is 11.8 Å². The normalized spacial score (nSPS) is 11.5. The van der Waals surface area contributed by atoms with Crippen LogP contribution in [0.2, 0.25) is 0 Å². The second-order valence-electron chi connectivity index (χ2n) is 13.6. The Kier molecular flexibility index (Phi) is 10.1. The van der Waals surface area contributed by atoms with E-state index in [9.17, 15) is 10.1 Å². The van der Waals surface area contributed by atoms with Crippen LogP contribution in [0, 0.1) is 11.3 Å². The highest BCUT2D eigenvalue weighted by atomic mass is 32.1. The number of carbonyl (C=O) groups excluding carboxylic acids is 1. The van der Waals surface area contributed by atoms with Gasteiger partial charge in [0.25, 0.3) is 0 Å². The number of fused-ring (bicyclic) bond motifs is 1. The molecule has 280 valence electrons. The third-order valence-corrected chi connectivity index (χ3v) is 14.9. The monoisotopic (exact) mass is 822 g/mol. The van der Waals surface area contributed by atoms with Gasteiger partial charge in [0.15, 0.2) is 5.78 Å². The quantitative estimate of drug-likeness (QED) is 0.0813. The Bertz CT molecular complexity index is 2970. The van der Waals surface area contributed by atoms with Crippen molar-refractivity contribution in [3.8, 4) is 58.3 Å². The highest BCUT2D eigenvalue weighted by Gasteiger charge is 2.26. The first kappa shape index (κ1) is 37.1. The number of allylic oxidation sites excluding steroid dienone is 1. The fourth-order valence-electron chi connectivity index (χ4n) is 7.14. The van der Waals surface area contributed by atoms with E-state index in [4.69, 9.17) is 11.5 Å². The van der Waals surface area contributed by atoms with E-state index in [1.54, 1.807) is 40.1 Å². The molecule has 0 saturated heterocycles. The van der Waals surface area contributed by atoms with Crippen LogP contribution < -0.4 is 16.4 Å². The van der Waals surface area contributed by atoms with Crippen LogP contribution in [-0.4, -0.2) is 5.78 Å². The SMILES string of the molecule is CC(=O)/C(C#N)=C/c1ccc(-c2sc3c(-c4ccccc4)c(-c4ccc(-c5cc(N)c(N(c6ccccc6)c6ccccc6)cc5N)s4)sc3c2-c2ccccc2)s1. The molecule has 0 amide bonds. The summed E-state index contributed by atoms with van der Waals surface area (Å²) in [5.74, 6) is -0.239. The molecule has 4 aromatic heterocycles. The van der Waals surface area contributed by atoms with E-state index >= 15 is 0 Å². The molecule has 9 aromatic rings. The fourth-order valence-corrected chi connectivity index (χ4v) is 12.3. The zero-order valence-corrected chi connectivity index (χ0v) is 34.4. The molecule has 4 N–H and O–H groups in total. The van der Waals surface area contributed by atoms with Crippen LogP contribution in [0.3, 0.4) is 0 Å². The van der Waals surface area contributed by atoms with E-state index in [0.29, 0.717) is 11.4 Å². The zero-order chi connectivity index (χ0) is 39.8. The Hall–Kier alpha value is -6.54. The van der Waals surface area contributed by atoms with Gasteiger partial charge < -0.3 is 16.4 Å². The van der Waals surface area contributed by atoms with Crippen LogP contribution in [0.5, 0.6) is 0 Å². The van der Waals surface area contributed by atoms with Crippen molar-refractivity contribution in [3.05, 3.63) is 168 Å². The van der Waals surface area contributed by atoms with Gasteiger partial charge in [-0.1, -0.05) is 97.1 Å². The number of nitriles is 1. The molecule has 0 bridgehead atoms. The molecule has 0 aliphatic carbocycles. The molecule has 5 aromatic carbocycles. The van der Waals surface area contributed by atoms with Gasteiger partial charge in [0.2, 0.25) is 0 Å². The van der Waals surface area contributed by atoms with Gasteiger partial charge in [0.05, 0.1) is 36.1 Å². The summed E-state index contributed by atoms with van der Waals surface area (Å²) >= 11 is 6.92. The molecule has 9 heteroatoms. The van der Waals surface area contributed by atoms with Gasteiger partial charge in [-0.25, -0.2) is 0 Å². The Labute approximate surface area is 352 Å². The molecular weight excluding hydrogens is 789 g/mol. The Morgan fingerprint density at radius 3 is 1.59 bits per heavy atom. The lowest BCUT2D eigenvalue weighted by molar-refractivity contribution is -0.113. The Morgan fingerprint density at radius 2 is 1.07 bits per heavy atom. The van der Waals surface area contributed by atoms with Gasteiger partial charge in [-0.05, 0) is 84.8 Å². The van der Waals surface area contributed by atoms with Crippen molar-refractivity contribution < 1.29 is 4.79 Å². The van der Waals surface area contributed by atoms with Gasteiger partial charge in [-0.3, -0.25) is 4.79 Å². The van der Waals surface area contributed by atoms with Crippen molar-refractivity contribution in [2.75, 3.05) is 16.4 Å². The minimum Gasteiger partial charge on any atom is -0.398 e. The smallest absolute Gasteiger partial charge is 0.170 e. The highest BCUT2D eigenvalue weighted by Crippen LogP contribution is 2.57. The number of hydrogen-bond donors (Lipinski definition) is 2. The number of carbonyl (C=O) groups is 1. The third-order valence-electron chi connectivity index (χ3n) is 9.85. The summed E-state index contributed by atoms with van der Waals surface area (Å²) in [4.78, 5) is 20.7. The van der Waals surface area contributed by atoms with Gasteiger partial charge in [-0.2, -0.15) is 5.26 Å². The van der Waals surface area contributed by atoms with Gasteiger partial charge >= 0.3 is 0 Å². The predicted molar refractivity (Wildman–Crippen MR) is 250 cm³/mol. The molecule has 0 radical (unpaired) electrons. The number of ketones is 1. The molecule has 4 heterocycles. The minimum atomic E-state index is -0.239. The summed E-state index contributed by atoms with van der Waals surface area (Å²) in [6.45, 7) is 1.43. The molecule has 0 saturated carbocycles. The van der Waals surface area contributed by atoms with Gasteiger partial charge in [-0.15, -0.1) is 45.3 Å². The summed E-state index contributed by atoms with van der Waals surface area (Å²) in [5, 5.41) is 9.56. The average molecular weight is 823 g/mol. The first-order valence-corrected chi connectivity index (χ1v) is 21.8. The second-order valence-corrected chi connectivity index (χ2v) is 17.8. The molecule has 0 aliphatic rings. The number of rotatable bonds is 10. The molecule has 0 aliphatic heterocycles. The summed E-state index contributed by atoms with van der Waals surface area (Å²) in [7, 11) is 0. The lowest BCUT2D eigenvalue weighted by atomic mass is 10.0. The van der Waals surface area contributed by atoms with E-state index in [0.717, 1.165) is 58.1 Å². The number of nitrogens with zero attached hydrogens (tertiary/aromatic N) is 2. The van der Waals surface area contributed by atoms with Crippen LogP contribution in [0.25, 0.3) is 67.7 Å². The van der Waals surface area contributed by atoms with Gasteiger partial charge in [0, 0.05) is 53.3 Å². The summed E-state index contributed by atoms with van der Waals surface area (Å²) in [5.41, 5.74) is 23.7. The van der Waals surface area contributed by atoms with E-state index in [1.807, 2.05) is 78.1 Å². The number of nitrogens with two attached hydrogens (primary N) is 2. The molecular formula is C49H34N4OS4. The standard InChI is InChI=1S/C49H34N4OS4/c1-30(54)33(29-50)26-36-22-23-42(55-36)46-44(31-14-6-2-7-15-31)48-49(57-46)45(32-16-8-3-9-17-32)47(58-48)43-25-24-41(56-43)37-27-39(52)40(28-38(37)51)53(34-18-10-4-11-19-34)35-20-12-5-13-21-35/h2-28H,51-52H2,1H3/b33-26+. The van der Waals surface area contributed by atoms with Gasteiger partial charge in [0.1, 0.15) is 6.07 Å². The first-order chi connectivity index (χ1) is 28.4. The van der Waals surface area contributed by atoms with Crippen LogP contribution in [0.4, 0.5) is 28.4 Å². The molecule has 58 heavy (non-hydrogen) atoms. The maximum absolute atomic E-state index is 12.1. The third kappa shape index (κ3) is 6.93. The molecule has 0 fully saturated rings. The summed E-state index contributed by atoms with van der Waals surface area (Å²) in [6.07, 6.45) is 1.69. The zero-order valence-electron chi connectivity index (χ0n) is 31.2. The van der Waals surface area contributed by atoms with Crippen molar-refractivity contribution >= 4 is 95.0 Å². The first-order valence-electron chi connectivity index (χ1n) is 18.5. The molecule has 5 nitrogen and oxygen atoms in total. The van der Waals surface area contributed by atoms with Crippen LogP contribution >= 0.6 is 45.3 Å². The number of benzene rings is 5. The molecule has 0 spiro atoms. The number of nitrogen functional groups attached to an aromatic ring is 2. The van der Waals surface area contributed by atoms with E-state index < -0.39 is 0 Å². The largest absolute Gasteiger partial charge is 0.398 e. The van der Waals surface area contributed by atoms with Crippen molar-refractivity contribution in [1.82, 2.24) is 0 Å². The second kappa shape index (κ2) is 15.8. The van der Waals surface area contributed by atoms with Crippen molar-refractivity contribution in [1.29, 1.82) is 5.26 Å². The number of thiophene rings is 4. The Morgan fingerprint density at radius 1 is 0.586 bits per heavy atom. The maximum Gasteiger partial charge on any atom is 0.170 e. The lowest BCUT2D eigenvalue weighted by Gasteiger charge is -2.27. The Balaban J connectivity index is 1.17. The highest BCUT2D eigenvalue weighted by molar-refractivity contribution is 7.35. The molecule has 0 atom stereocenters.